The van der Waals surface area contributed by atoms with Gasteiger partial charge in [0.15, 0.2) is 23.9 Å². The summed E-state index contributed by atoms with van der Waals surface area (Å²) in [5, 5.41) is 11.9. The van der Waals surface area contributed by atoms with Gasteiger partial charge in [0.2, 0.25) is 5.60 Å². The maximum atomic E-state index is 13.8. The highest BCUT2D eigenvalue weighted by atomic mass is 16.7. The van der Waals surface area contributed by atoms with E-state index in [0.717, 1.165) is 13.8 Å². The Kier molecular flexibility index (Phi) is 8.83. The highest BCUT2D eigenvalue weighted by Gasteiger charge is 2.94. The Morgan fingerprint density at radius 2 is 1.67 bits per heavy atom. The molecular weight excluding hydrogens is 680 g/mol. The molecule has 282 valence electrons. The molecule has 1 aliphatic heterocycles. The quantitative estimate of drug-likeness (QED) is 0.175. The lowest BCUT2D eigenvalue weighted by atomic mass is 9.40. The van der Waals surface area contributed by atoms with Crippen molar-refractivity contribution in [1.29, 1.82) is 0 Å². The van der Waals surface area contributed by atoms with Gasteiger partial charge in [0, 0.05) is 61.0 Å². The number of hydrogen-bond donors (Lipinski definition) is 1. The number of furan rings is 1. The van der Waals surface area contributed by atoms with Crippen LogP contribution in [0.25, 0.3) is 0 Å². The van der Waals surface area contributed by atoms with Crippen LogP contribution in [0.5, 0.6) is 0 Å². The molecule has 1 aromatic heterocycles. The van der Waals surface area contributed by atoms with E-state index < -0.39 is 99.5 Å². The number of aliphatic hydroxyl groups is 1. The molecule has 4 aliphatic carbocycles. The van der Waals surface area contributed by atoms with Crippen molar-refractivity contribution in [3.05, 3.63) is 47.0 Å². The van der Waals surface area contributed by atoms with Crippen LogP contribution in [0.2, 0.25) is 0 Å². The van der Waals surface area contributed by atoms with E-state index in [2.05, 4.69) is 0 Å². The molecule has 0 radical (unpaired) electrons. The number of methoxy groups -OCH3 is 1. The van der Waals surface area contributed by atoms with Crippen LogP contribution in [0.3, 0.4) is 0 Å². The molecule has 52 heavy (non-hydrogen) atoms. The third kappa shape index (κ3) is 4.71. The van der Waals surface area contributed by atoms with Gasteiger partial charge in [-0.2, -0.15) is 0 Å². The molecule has 4 fully saturated rings. The first kappa shape index (κ1) is 37.3. The molecule has 2 heterocycles. The van der Waals surface area contributed by atoms with Gasteiger partial charge in [-0.3, -0.25) is 19.2 Å². The molecule has 14 heteroatoms. The fourth-order valence-electron chi connectivity index (χ4n) is 11.1. The molecule has 14 nitrogen and oxygen atoms in total. The van der Waals surface area contributed by atoms with Crippen molar-refractivity contribution in [3.8, 4) is 0 Å². The van der Waals surface area contributed by atoms with Crippen molar-refractivity contribution in [2.24, 2.45) is 28.1 Å². The minimum atomic E-state index is -2.28. The van der Waals surface area contributed by atoms with Crippen LogP contribution in [-0.4, -0.2) is 77.5 Å². The first-order valence-electron chi connectivity index (χ1n) is 17.4. The van der Waals surface area contributed by atoms with Crippen LogP contribution in [0, 0.1) is 28.1 Å². The third-order valence-electron chi connectivity index (χ3n) is 12.9. The molecule has 1 saturated heterocycles. The van der Waals surface area contributed by atoms with Crippen molar-refractivity contribution >= 4 is 35.8 Å². The summed E-state index contributed by atoms with van der Waals surface area (Å²) in [5.74, 6) is -6.36. The Labute approximate surface area is 301 Å². The van der Waals surface area contributed by atoms with Crippen LogP contribution in [0.4, 0.5) is 0 Å². The summed E-state index contributed by atoms with van der Waals surface area (Å²) < 4.78 is 41.9. The molecular formula is C38H46O14. The monoisotopic (exact) mass is 726 g/mol. The van der Waals surface area contributed by atoms with Crippen molar-refractivity contribution in [2.45, 2.75) is 117 Å². The summed E-state index contributed by atoms with van der Waals surface area (Å²) in [6.45, 7) is 12.1. The van der Waals surface area contributed by atoms with Gasteiger partial charge in [-0.05, 0) is 55.7 Å². The maximum absolute atomic E-state index is 13.8. The van der Waals surface area contributed by atoms with Gasteiger partial charge in [-0.15, -0.1) is 0 Å². The number of cyclic esters (lactones) is 1. The standard InChI is InChI=1S/C38H46O14/c1-10-18(2)31(44)50-33-35(7)17-37(51-20(4)40)36(8,24(35)15-25(42)46-9)23-11-13-34(6)27(28(43)32(45)49-29(34)22-12-14-47-16-22)26(23)30(48-19(3)39)38(33,37)52-21(5)41/h10,12,14,16,23-24,28-30,33,43H,11,13,15,17H2,1-9H3/b18-10+/t23?,24-,28+,29-,30-,33-,34+,35+,36-,37-,38-/m0/s1. The fourth-order valence-corrected chi connectivity index (χ4v) is 11.1. The first-order chi connectivity index (χ1) is 24.3. The highest BCUT2D eigenvalue weighted by Crippen LogP contribution is 2.82. The zero-order valence-corrected chi connectivity index (χ0v) is 30.9. The van der Waals surface area contributed by atoms with Crippen molar-refractivity contribution in [3.63, 3.8) is 0 Å². The predicted molar refractivity (Wildman–Crippen MR) is 176 cm³/mol. The molecule has 1 aromatic rings. The first-order valence-corrected chi connectivity index (χ1v) is 17.4. The molecule has 5 aliphatic rings. The largest absolute Gasteiger partial charge is 0.472 e. The Bertz CT molecular complexity index is 1790. The van der Waals surface area contributed by atoms with Gasteiger partial charge < -0.3 is 37.9 Å². The van der Waals surface area contributed by atoms with E-state index in [0.29, 0.717) is 18.4 Å². The maximum Gasteiger partial charge on any atom is 0.339 e. The number of carbonyl (C=O) groups is 6. The fraction of sp³-hybridized carbons (Fsp3) is 0.632. The second kappa shape index (κ2) is 12.3. The zero-order valence-electron chi connectivity index (χ0n) is 30.9. The minimum Gasteiger partial charge on any atom is -0.472 e. The molecule has 3 saturated carbocycles. The molecule has 2 bridgehead atoms. The van der Waals surface area contributed by atoms with E-state index in [1.807, 2.05) is 13.8 Å². The van der Waals surface area contributed by atoms with Gasteiger partial charge in [0.25, 0.3) is 0 Å². The van der Waals surface area contributed by atoms with Crippen LogP contribution in [-0.2, 0) is 57.2 Å². The Morgan fingerprint density at radius 1 is 1.00 bits per heavy atom. The van der Waals surface area contributed by atoms with E-state index in [9.17, 15) is 33.9 Å². The van der Waals surface area contributed by atoms with Crippen molar-refractivity contribution in [1.82, 2.24) is 0 Å². The number of aliphatic hydroxyl groups excluding tert-OH is 1. The van der Waals surface area contributed by atoms with E-state index >= 15 is 0 Å². The topological polar surface area (TPSA) is 191 Å². The van der Waals surface area contributed by atoms with Crippen LogP contribution in [0.1, 0.15) is 92.7 Å². The second-order valence-electron chi connectivity index (χ2n) is 15.5. The number of carbonyl (C=O) groups excluding carboxylic acids is 6. The van der Waals surface area contributed by atoms with Gasteiger partial charge in [-0.1, -0.05) is 26.8 Å². The van der Waals surface area contributed by atoms with Gasteiger partial charge in [0.1, 0.15) is 6.10 Å². The van der Waals surface area contributed by atoms with Crippen molar-refractivity contribution < 1.29 is 66.7 Å². The van der Waals surface area contributed by atoms with E-state index in [4.69, 9.17) is 32.8 Å². The summed E-state index contributed by atoms with van der Waals surface area (Å²) in [6, 6.07) is 1.65. The predicted octanol–water partition coefficient (Wildman–Crippen LogP) is 3.99. The van der Waals surface area contributed by atoms with Gasteiger partial charge in [0.05, 0.1) is 19.6 Å². The third-order valence-corrected chi connectivity index (χ3v) is 12.9. The summed E-state index contributed by atoms with van der Waals surface area (Å²) in [5.41, 5.74) is -6.76. The summed E-state index contributed by atoms with van der Waals surface area (Å²) in [4.78, 5) is 81.1. The smallest absolute Gasteiger partial charge is 0.339 e. The van der Waals surface area contributed by atoms with E-state index in [1.165, 1.54) is 39.6 Å². The Balaban J connectivity index is 1.79. The number of rotatable bonds is 8. The lowest BCUT2D eigenvalue weighted by Gasteiger charge is -2.69. The molecule has 11 atom stereocenters. The lowest BCUT2D eigenvalue weighted by Crippen LogP contribution is -2.82. The molecule has 0 aromatic carbocycles. The zero-order chi connectivity index (χ0) is 38.3. The number of fused-ring (bicyclic) bond motifs is 4. The number of esters is 6. The number of allylic oxidation sites excluding steroid dienone is 1. The minimum absolute atomic E-state index is 0.0752. The highest BCUT2D eigenvalue weighted by molar-refractivity contribution is 5.88. The second-order valence-corrected chi connectivity index (χ2v) is 15.5. The summed E-state index contributed by atoms with van der Waals surface area (Å²) >= 11 is 0. The average Bonchev–Trinajstić information content (AvgIpc) is 3.72. The van der Waals surface area contributed by atoms with Crippen LogP contribution in [0.15, 0.2) is 45.8 Å². The van der Waals surface area contributed by atoms with Crippen molar-refractivity contribution in [2.75, 3.05) is 7.11 Å². The van der Waals surface area contributed by atoms with E-state index in [1.54, 1.807) is 19.9 Å². The molecule has 0 spiro atoms. The Hall–Kier alpha value is -4.46. The number of ether oxygens (including phenoxy) is 6. The molecule has 6 rings (SSSR count). The lowest BCUT2D eigenvalue weighted by molar-refractivity contribution is -0.322. The SMILES string of the molecule is C/C=C(\C)C(=O)O[C@H]1[C@]2(C)C[C@@]3(OC(C)=O)[C@]1(OC(C)=O)[C@@H](OC(C)=O)C1=C4[C@@H](O)C(=O)O[C@@H](c5ccoc5)[C@]4(C)CCC1[C@@]3(C)[C@H]2CC(=O)OC. The molecule has 1 N–H and O–H groups in total. The Morgan fingerprint density at radius 3 is 2.23 bits per heavy atom. The van der Waals surface area contributed by atoms with Gasteiger partial charge >= 0.3 is 35.8 Å². The normalized spacial score (nSPS) is 40.2. The molecule has 0 amide bonds. The van der Waals surface area contributed by atoms with Crippen LogP contribution >= 0.6 is 0 Å². The molecule has 1 unspecified atom stereocenters. The van der Waals surface area contributed by atoms with Crippen LogP contribution < -0.4 is 0 Å². The van der Waals surface area contributed by atoms with E-state index in [-0.39, 0.29) is 29.6 Å². The van der Waals surface area contributed by atoms with Gasteiger partial charge in [-0.25, -0.2) is 9.59 Å². The summed E-state index contributed by atoms with van der Waals surface area (Å²) in [6.07, 6.45) is -1.25. The number of hydrogen-bond acceptors (Lipinski definition) is 14. The average molecular weight is 727 g/mol. The summed E-state index contributed by atoms with van der Waals surface area (Å²) in [7, 11) is 1.25.